The number of dihydropyridines is 2. The molecule has 0 spiro atoms. The van der Waals surface area contributed by atoms with Crippen molar-refractivity contribution in [1.29, 1.82) is 21.0 Å². The smallest absolute Gasteiger partial charge is 0.119 e. The molecule has 0 amide bonds. The fourth-order valence-electron chi connectivity index (χ4n) is 5.34. The third-order valence-electron chi connectivity index (χ3n) is 7.51. The lowest BCUT2D eigenvalue weighted by Crippen LogP contribution is -2.23. The fourth-order valence-corrected chi connectivity index (χ4v) is 5.34. The summed E-state index contributed by atoms with van der Waals surface area (Å²) in [7, 11) is 0. The van der Waals surface area contributed by atoms with E-state index in [9.17, 15) is 21.0 Å². The van der Waals surface area contributed by atoms with E-state index in [0.717, 1.165) is 58.3 Å². The molecule has 0 radical (unpaired) electrons. The number of rotatable bonds is 9. The molecular weight excluding hydrogens is 524 g/mol. The summed E-state index contributed by atoms with van der Waals surface area (Å²) in [5.41, 5.74) is 6.99. The maximum atomic E-state index is 9.69. The summed E-state index contributed by atoms with van der Waals surface area (Å²) in [6.07, 6.45) is 1.60. The SMILES string of the molecule is CC1=C(C#N)C(c2ccc(OCCCCOc3ccc(C4C(C#N)=C(C)NC(C)=C4C#N)cc3)cc2)C(C#N)=C(C)N1. The van der Waals surface area contributed by atoms with Gasteiger partial charge < -0.3 is 20.1 Å². The van der Waals surface area contributed by atoms with E-state index in [4.69, 9.17) is 9.47 Å². The lowest BCUT2D eigenvalue weighted by molar-refractivity contribution is 0.266. The first-order chi connectivity index (χ1) is 20.3. The molecule has 4 rings (SSSR count). The van der Waals surface area contributed by atoms with Gasteiger partial charge in [0.1, 0.15) is 11.5 Å². The van der Waals surface area contributed by atoms with Crippen molar-refractivity contribution in [3.8, 4) is 35.8 Å². The molecule has 2 aliphatic heterocycles. The zero-order valence-corrected chi connectivity index (χ0v) is 24.2. The predicted molar refractivity (Wildman–Crippen MR) is 158 cm³/mol. The summed E-state index contributed by atoms with van der Waals surface area (Å²) < 4.78 is 11.8. The van der Waals surface area contributed by atoms with Crippen LogP contribution in [0.25, 0.3) is 0 Å². The van der Waals surface area contributed by atoms with Gasteiger partial charge in [0.05, 0.1) is 71.6 Å². The van der Waals surface area contributed by atoms with E-state index in [1.165, 1.54) is 0 Å². The number of ether oxygens (including phenoxy) is 2. The van der Waals surface area contributed by atoms with Gasteiger partial charge in [-0.2, -0.15) is 21.0 Å². The van der Waals surface area contributed by atoms with Gasteiger partial charge in [0, 0.05) is 22.8 Å². The third-order valence-corrected chi connectivity index (χ3v) is 7.51. The largest absolute Gasteiger partial charge is 0.494 e. The van der Waals surface area contributed by atoms with Crippen molar-refractivity contribution >= 4 is 0 Å². The highest BCUT2D eigenvalue weighted by Gasteiger charge is 2.30. The van der Waals surface area contributed by atoms with Gasteiger partial charge >= 0.3 is 0 Å². The van der Waals surface area contributed by atoms with Crippen molar-refractivity contribution in [3.63, 3.8) is 0 Å². The Morgan fingerprint density at radius 3 is 1.07 bits per heavy atom. The summed E-state index contributed by atoms with van der Waals surface area (Å²) in [5, 5.41) is 45.0. The molecular formula is C34H32N6O2. The first kappa shape index (κ1) is 29.5. The molecule has 0 fully saturated rings. The molecule has 2 N–H and O–H groups in total. The highest BCUT2D eigenvalue weighted by molar-refractivity contribution is 5.56. The highest BCUT2D eigenvalue weighted by atomic mass is 16.5. The lowest BCUT2D eigenvalue weighted by Gasteiger charge is -2.26. The van der Waals surface area contributed by atoms with Crippen LogP contribution in [0, 0.1) is 45.3 Å². The van der Waals surface area contributed by atoms with Gasteiger partial charge in [-0.3, -0.25) is 0 Å². The molecule has 0 saturated heterocycles. The van der Waals surface area contributed by atoms with Crippen molar-refractivity contribution in [3.05, 3.63) is 105 Å². The number of allylic oxidation sites excluding steroid dienone is 8. The molecule has 2 aliphatic rings. The van der Waals surface area contributed by atoms with Crippen LogP contribution in [-0.4, -0.2) is 13.2 Å². The zero-order chi connectivity index (χ0) is 30.2. The maximum Gasteiger partial charge on any atom is 0.119 e. The Balaban J connectivity index is 1.27. The van der Waals surface area contributed by atoms with Gasteiger partial charge in [-0.05, 0) is 75.9 Å². The number of benzene rings is 2. The first-order valence-electron chi connectivity index (χ1n) is 13.8. The molecule has 0 unspecified atom stereocenters. The topological polar surface area (TPSA) is 138 Å². The zero-order valence-electron chi connectivity index (χ0n) is 24.2. The van der Waals surface area contributed by atoms with Gasteiger partial charge in [0.2, 0.25) is 0 Å². The van der Waals surface area contributed by atoms with Crippen LogP contribution in [0.2, 0.25) is 0 Å². The van der Waals surface area contributed by atoms with E-state index >= 15 is 0 Å². The minimum atomic E-state index is -0.385. The molecule has 8 heteroatoms. The summed E-state index contributed by atoms with van der Waals surface area (Å²) in [6, 6.07) is 24.1. The van der Waals surface area contributed by atoms with E-state index in [-0.39, 0.29) is 11.8 Å². The third kappa shape index (κ3) is 6.15. The normalized spacial score (nSPS) is 15.7. The average Bonchev–Trinajstić information content (AvgIpc) is 2.99. The summed E-state index contributed by atoms with van der Waals surface area (Å²) in [4.78, 5) is 0. The number of nitrogens with one attached hydrogen (secondary N) is 2. The van der Waals surface area contributed by atoms with Crippen LogP contribution < -0.4 is 20.1 Å². The number of hydrogen-bond donors (Lipinski definition) is 2. The van der Waals surface area contributed by atoms with Gasteiger partial charge in [-0.15, -0.1) is 0 Å². The van der Waals surface area contributed by atoms with E-state index in [1.54, 1.807) is 0 Å². The monoisotopic (exact) mass is 556 g/mol. The van der Waals surface area contributed by atoms with Crippen LogP contribution in [-0.2, 0) is 0 Å². The Bertz CT molecular complexity index is 1450. The lowest BCUT2D eigenvalue weighted by atomic mass is 9.81. The first-order valence-corrected chi connectivity index (χ1v) is 13.8. The van der Waals surface area contributed by atoms with E-state index < -0.39 is 0 Å². The molecule has 2 heterocycles. The number of hydrogen-bond acceptors (Lipinski definition) is 8. The Labute approximate surface area is 247 Å². The molecule has 8 nitrogen and oxygen atoms in total. The Morgan fingerprint density at radius 1 is 0.524 bits per heavy atom. The minimum absolute atomic E-state index is 0.385. The molecule has 0 bridgehead atoms. The van der Waals surface area contributed by atoms with Crippen molar-refractivity contribution < 1.29 is 9.47 Å². The fraction of sp³-hybridized carbons (Fsp3) is 0.294. The molecule has 0 aromatic heterocycles. The molecule has 42 heavy (non-hydrogen) atoms. The molecule has 0 atom stereocenters. The minimum Gasteiger partial charge on any atom is -0.494 e. The van der Waals surface area contributed by atoms with Crippen LogP contribution in [0.5, 0.6) is 11.5 Å². The van der Waals surface area contributed by atoms with E-state index in [0.29, 0.717) is 35.5 Å². The van der Waals surface area contributed by atoms with Crippen molar-refractivity contribution in [2.24, 2.45) is 0 Å². The molecule has 210 valence electrons. The van der Waals surface area contributed by atoms with Crippen LogP contribution in [0.1, 0.15) is 63.5 Å². The number of nitrogens with zero attached hydrogens (tertiary/aromatic N) is 4. The van der Waals surface area contributed by atoms with E-state index in [1.807, 2.05) is 76.2 Å². The molecule has 0 aliphatic carbocycles. The Morgan fingerprint density at radius 2 is 0.810 bits per heavy atom. The van der Waals surface area contributed by atoms with Crippen molar-refractivity contribution in [2.45, 2.75) is 52.4 Å². The second kappa shape index (κ2) is 13.3. The van der Waals surface area contributed by atoms with Crippen molar-refractivity contribution in [1.82, 2.24) is 10.6 Å². The Kier molecular flexibility index (Phi) is 9.34. The molecule has 2 aromatic carbocycles. The van der Waals surface area contributed by atoms with E-state index in [2.05, 4.69) is 34.9 Å². The highest BCUT2D eigenvalue weighted by Crippen LogP contribution is 2.39. The standard InChI is InChI=1S/C34H32N6O2/c1-21-29(17-35)33(30(18-36)22(2)39-21)25-7-11-27(12-8-25)41-15-5-6-16-42-28-13-9-26(10-14-28)34-31(19-37)23(3)40-24(4)32(34)20-38/h7-14,33-34,39-40H,5-6,15-16H2,1-4H3. The van der Waals surface area contributed by atoms with Gasteiger partial charge in [-0.25, -0.2) is 0 Å². The van der Waals surface area contributed by atoms with Crippen LogP contribution >= 0.6 is 0 Å². The summed E-state index contributed by atoms with van der Waals surface area (Å²) in [5.74, 6) is 0.679. The van der Waals surface area contributed by atoms with Crippen molar-refractivity contribution in [2.75, 3.05) is 13.2 Å². The number of unbranched alkanes of at least 4 members (excludes halogenated alkanes) is 1. The second-order valence-corrected chi connectivity index (χ2v) is 10.3. The van der Waals surface area contributed by atoms with Gasteiger partial charge in [0.25, 0.3) is 0 Å². The average molecular weight is 557 g/mol. The van der Waals surface area contributed by atoms with Crippen LogP contribution in [0.3, 0.4) is 0 Å². The van der Waals surface area contributed by atoms with Gasteiger partial charge in [0.15, 0.2) is 0 Å². The van der Waals surface area contributed by atoms with Gasteiger partial charge in [-0.1, -0.05) is 24.3 Å². The quantitative estimate of drug-likeness (QED) is 0.334. The van der Waals surface area contributed by atoms with Crippen LogP contribution in [0.15, 0.2) is 93.6 Å². The second-order valence-electron chi connectivity index (χ2n) is 10.3. The van der Waals surface area contributed by atoms with Crippen LogP contribution in [0.4, 0.5) is 0 Å². The maximum absolute atomic E-state index is 9.69. The predicted octanol–water partition coefficient (Wildman–Crippen LogP) is 6.49. The molecule has 2 aromatic rings. The summed E-state index contributed by atoms with van der Waals surface area (Å²) >= 11 is 0. The Hall–Kier alpha value is -5.44. The number of nitriles is 4. The summed E-state index contributed by atoms with van der Waals surface area (Å²) in [6.45, 7) is 8.46. The molecule has 0 saturated carbocycles.